The molecule has 0 bridgehead atoms. The molecule has 2 heterocycles. The summed E-state index contributed by atoms with van der Waals surface area (Å²) in [5, 5.41) is 4.10. The van der Waals surface area contributed by atoms with Gasteiger partial charge in [-0.2, -0.15) is 0 Å². The number of carbonyl (C=O) groups is 1. The van der Waals surface area contributed by atoms with Gasteiger partial charge in [-0.1, -0.05) is 18.5 Å². The summed E-state index contributed by atoms with van der Waals surface area (Å²) >= 11 is 5.93. The molecular weight excluding hydrogens is 286 g/mol. The number of aliphatic imine (C=N–C) groups is 1. The van der Waals surface area contributed by atoms with Crippen molar-refractivity contribution in [1.82, 2.24) is 10.2 Å². The Morgan fingerprint density at radius 1 is 1.48 bits per heavy atom. The van der Waals surface area contributed by atoms with E-state index in [0.29, 0.717) is 11.1 Å². The van der Waals surface area contributed by atoms with Crippen molar-refractivity contribution < 1.29 is 4.79 Å². The fraction of sp³-hybridized carbons (Fsp3) is 0.750. The normalized spacial score (nSPS) is 28.9. The molecule has 0 spiro atoms. The fourth-order valence-electron chi connectivity index (χ4n) is 3.12. The van der Waals surface area contributed by atoms with E-state index in [1.54, 1.807) is 0 Å². The van der Waals surface area contributed by atoms with E-state index in [1.165, 1.54) is 0 Å². The highest BCUT2D eigenvalue weighted by molar-refractivity contribution is 6.30. The lowest BCUT2D eigenvalue weighted by molar-refractivity contribution is -0.137. The highest BCUT2D eigenvalue weighted by atomic mass is 35.5. The average Bonchev–Trinajstić information content (AvgIpc) is 2.49. The number of likely N-dealkylation sites (tertiary alicyclic amines) is 1. The number of nitrogens with one attached hydrogen (secondary N) is 1. The largest absolute Gasteiger partial charge is 0.337 e. The smallest absolute Gasteiger partial charge is 0.247 e. The molecule has 0 aliphatic carbocycles. The summed E-state index contributed by atoms with van der Waals surface area (Å²) in [6, 6.07) is 0.127. The third-order valence-corrected chi connectivity index (χ3v) is 4.31. The van der Waals surface area contributed by atoms with Crippen LogP contribution in [0.25, 0.3) is 0 Å². The van der Waals surface area contributed by atoms with Crippen LogP contribution < -0.4 is 5.32 Å². The maximum atomic E-state index is 12.7. The number of halogens is 1. The number of rotatable bonds is 4. The van der Waals surface area contributed by atoms with Crippen molar-refractivity contribution >= 4 is 23.2 Å². The lowest BCUT2D eigenvalue weighted by Crippen LogP contribution is -2.54. The van der Waals surface area contributed by atoms with Crippen LogP contribution in [0.15, 0.2) is 16.1 Å². The van der Waals surface area contributed by atoms with Gasteiger partial charge in [0.15, 0.2) is 0 Å². The summed E-state index contributed by atoms with van der Waals surface area (Å²) in [6.45, 7) is 6.76. The molecule has 0 aromatic carbocycles. The number of allylic oxidation sites excluding steroid dienone is 2. The first kappa shape index (κ1) is 16.5. The van der Waals surface area contributed by atoms with Crippen molar-refractivity contribution in [1.29, 1.82) is 0 Å². The second kappa shape index (κ2) is 7.95. The van der Waals surface area contributed by atoms with Gasteiger partial charge < -0.3 is 10.2 Å². The Morgan fingerprint density at radius 2 is 2.29 bits per heavy atom. The molecule has 0 saturated carbocycles. The number of piperidine rings is 2. The summed E-state index contributed by atoms with van der Waals surface area (Å²) in [7, 11) is 0. The molecule has 2 unspecified atom stereocenters. The molecule has 1 N–H and O–H groups in total. The molecule has 0 radical (unpaired) electrons. The second-order valence-electron chi connectivity index (χ2n) is 5.89. The zero-order valence-corrected chi connectivity index (χ0v) is 13.8. The van der Waals surface area contributed by atoms with E-state index in [1.807, 2.05) is 24.8 Å². The lowest BCUT2D eigenvalue weighted by atomic mass is 9.99. The summed E-state index contributed by atoms with van der Waals surface area (Å²) in [6.07, 6.45) is 6.83. The minimum atomic E-state index is -0.220. The first-order valence-electron chi connectivity index (χ1n) is 8.03. The number of hydrogen-bond donors (Lipinski definition) is 1. The molecule has 2 saturated heterocycles. The molecule has 2 aliphatic rings. The minimum Gasteiger partial charge on any atom is -0.337 e. The van der Waals surface area contributed by atoms with Gasteiger partial charge in [-0.25, -0.2) is 0 Å². The van der Waals surface area contributed by atoms with Gasteiger partial charge in [0.1, 0.15) is 6.04 Å². The van der Waals surface area contributed by atoms with Crippen LogP contribution in [-0.2, 0) is 4.79 Å². The van der Waals surface area contributed by atoms with Gasteiger partial charge in [0.2, 0.25) is 5.91 Å². The van der Waals surface area contributed by atoms with Crippen LogP contribution in [0.2, 0.25) is 0 Å². The lowest BCUT2D eigenvalue weighted by Gasteiger charge is -2.39. The van der Waals surface area contributed by atoms with Crippen LogP contribution in [0.1, 0.15) is 46.0 Å². The molecular formula is C16H26ClN3O. The zero-order chi connectivity index (χ0) is 15.2. The van der Waals surface area contributed by atoms with Gasteiger partial charge in [-0.05, 0) is 51.6 Å². The van der Waals surface area contributed by atoms with E-state index in [2.05, 4.69) is 10.3 Å². The van der Waals surface area contributed by atoms with E-state index in [4.69, 9.17) is 11.6 Å². The Morgan fingerprint density at radius 3 is 2.90 bits per heavy atom. The zero-order valence-electron chi connectivity index (χ0n) is 13.1. The molecule has 5 heteroatoms. The maximum absolute atomic E-state index is 12.7. The highest BCUT2D eigenvalue weighted by Gasteiger charge is 2.33. The SMILES string of the molecule is CCC(/C=C(\C)Cl)=NC1CCCN(C2CCCNC2)C1=O. The highest BCUT2D eigenvalue weighted by Crippen LogP contribution is 2.21. The molecule has 4 nitrogen and oxygen atoms in total. The van der Waals surface area contributed by atoms with Gasteiger partial charge in [-0.15, -0.1) is 0 Å². The summed E-state index contributed by atoms with van der Waals surface area (Å²) in [4.78, 5) is 19.4. The van der Waals surface area contributed by atoms with Gasteiger partial charge >= 0.3 is 0 Å². The summed E-state index contributed by atoms with van der Waals surface area (Å²) < 4.78 is 0. The molecule has 2 rings (SSSR count). The van der Waals surface area contributed by atoms with Gasteiger partial charge in [0, 0.05) is 29.9 Å². The monoisotopic (exact) mass is 311 g/mol. The number of hydrogen-bond acceptors (Lipinski definition) is 3. The third kappa shape index (κ3) is 4.55. The molecule has 21 heavy (non-hydrogen) atoms. The first-order chi connectivity index (χ1) is 10.1. The molecule has 1 amide bonds. The quantitative estimate of drug-likeness (QED) is 0.811. The average molecular weight is 312 g/mol. The van der Waals surface area contributed by atoms with Crippen molar-refractivity contribution in [3.05, 3.63) is 11.1 Å². The molecule has 0 aromatic rings. The van der Waals surface area contributed by atoms with Crippen LogP contribution in [0.4, 0.5) is 0 Å². The number of nitrogens with zero attached hydrogens (tertiary/aromatic N) is 2. The predicted octanol–water partition coefficient (Wildman–Crippen LogP) is 2.72. The van der Waals surface area contributed by atoms with Crippen LogP contribution in [0.5, 0.6) is 0 Å². The summed E-state index contributed by atoms with van der Waals surface area (Å²) in [5.74, 6) is 0.196. The van der Waals surface area contributed by atoms with Crippen LogP contribution in [0.3, 0.4) is 0 Å². The molecule has 2 atom stereocenters. The Labute approximate surface area is 132 Å². The molecule has 0 aromatic heterocycles. The van der Waals surface area contributed by atoms with E-state index in [-0.39, 0.29) is 11.9 Å². The second-order valence-corrected chi connectivity index (χ2v) is 6.49. The number of carbonyl (C=O) groups excluding carboxylic acids is 1. The van der Waals surface area contributed by atoms with Crippen LogP contribution in [-0.4, -0.2) is 48.2 Å². The Bertz CT molecular complexity index is 423. The molecule has 2 fully saturated rings. The first-order valence-corrected chi connectivity index (χ1v) is 8.41. The van der Waals surface area contributed by atoms with Gasteiger partial charge in [-0.3, -0.25) is 9.79 Å². The van der Waals surface area contributed by atoms with Crippen LogP contribution >= 0.6 is 11.6 Å². The minimum absolute atomic E-state index is 0.196. The Kier molecular flexibility index (Phi) is 6.24. The maximum Gasteiger partial charge on any atom is 0.247 e. The topological polar surface area (TPSA) is 44.7 Å². The van der Waals surface area contributed by atoms with Crippen molar-refractivity contribution in [3.8, 4) is 0 Å². The Hall–Kier alpha value is -0.870. The van der Waals surface area contributed by atoms with E-state index in [9.17, 15) is 4.79 Å². The Balaban J connectivity index is 2.08. The van der Waals surface area contributed by atoms with Gasteiger partial charge in [0.05, 0.1) is 0 Å². The molecule has 118 valence electrons. The van der Waals surface area contributed by atoms with Crippen LogP contribution in [0, 0.1) is 0 Å². The third-order valence-electron chi connectivity index (χ3n) is 4.21. The van der Waals surface area contributed by atoms with E-state index >= 15 is 0 Å². The standard InChI is InChI=1S/C16H26ClN3O/c1-3-13(10-12(2)17)19-15-7-5-9-20(16(15)21)14-6-4-8-18-11-14/h10,14-15,18H,3-9,11H2,1-2H3/b12-10+,19-13?. The van der Waals surface area contributed by atoms with Crippen molar-refractivity contribution in [2.24, 2.45) is 4.99 Å². The number of amides is 1. The fourth-order valence-corrected chi connectivity index (χ4v) is 3.25. The van der Waals surface area contributed by atoms with Gasteiger partial charge in [0.25, 0.3) is 0 Å². The van der Waals surface area contributed by atoms with E-state index in [0.717, 1.165) is 57.5 Å². The molecule has 2 aliphatic heterocycles. The van der Waals surface area contributed by atoms with Crippen molar-refractivity contribution in [3.63, 3.8) is 0 Å². The summed E-state index contributed by atoms with van der Waals surface area (Å²) in [5.41, 5.74) is 0.921. The van der Waals surface area contributed by atoms with E-state index < -0.39 is 0 Å². The predicted molar refractivity (Wildman–Crippen MR) is 88.0 cm³/mol. The van der Waals surface area contributed by atoms with Crippen molar-refractivity contribution in [2.75, 3.05) is 19.6 Å². The van der Waals surface area contributed by atoms with Crippen molar-refractivity contribution in [2.45, 2.75) is 58.0 Å².